The number of carboxylic acids is 1. The number of hydrogen-bond donors (Lipinski definition) is 1. The van der Waals surface area contributed by atoms with Gasteiger partial charge in [0.05, 0.1) is 13.0 Å². The van der Waals surface area contributed by atoms with Gasteiger partial charge in [-0.3, -0.25) is 4.79 Å². The Kier molecular flexibility index (Phi) is 2.57. The molecule has 1 fully saturated rings. The van der Waals surface area contributed by atoms with Crippen LogP contribution in [0.25, 0.3) is 0 Å². The van der Waals surface area contributed by atoms with Crippen LogP contribution in [-0.4, -0.2) is 18.2 Å². The average molecular weight is 227 g/mol. The van der Waals surface area contributed by atoms with Crippen LogP contribution in [0.4, 0.5) is 0 Å². The lowest BCUT2D eigenvalue weighted by atomic mass is 10.1. The van der Waals surface area contributed by atoms with Gasteiger partial charge in [-0.25, -0.2) is 0 Å². The van der Waals surface area contributed by atoms with E-state index in [9.17, 15) is 4.79 Å². The topological polar surface area (TPSA) is 46.5 Å². The highest BCUT2D eigenvalue weighted by Crippen LogP contribution is 2.50. The number of methoxy groups -OCH3 is 1. The fourth-order valence-electron chi connectivity index (χ4n) is 1.81. The van der Waals surface area contributed by atoms with E-state index < -0.39 is 5.97 Å². The molecule has 1 unspecified atom stereocenters. The quantitative estimate of drug-likeness (QED) is 0.862. The molecule has 0 radical (unpaired) electrons. The molecule has 0 heterocycles. The van der Waals surface area contributed by atoms with E-state index in [1.807, 2.05) is 0 Å². The number of carbonyl (C=O) groups is 1. The lowest BCUT2D eigenvalue weighted by Gasteiger charge is -2.07. The monoisotopic (exact) mass is 226 g/mol. The first kappa shape index (κ1) is 10.3. The van der Waals surface area contributed by atoms with Gasteiger partial charge in [0.2, 0.25) is 0 Å². The number of benzene rings is 1. The van der Waals surface area contributed by atoms with Gasteiger partial charge in [-0.1, -0.05) is 11.6 Å². The maximum Gasteiger partial charge on any atom is 0.307 e. The van der Waals surface area contributed by atoms with Gasteiger partial charge in [-0.2, -0.15) is 0 Å². The third-order valence-electron chi connectivity index (χ3n) is 2.70. The van der Waals surface area contributed by atoms with E-state index >= 15 is 0 Å². The molecule has 0 spiro atoms. The molecular formula is C11H11ClO3. The van der Waals surface area contributed by atoms with Crippen molar-refractivity contribution < 1.29 is 14.6 Å². The minimum Gasteiger partial charge on any atom is -0.496 e. The summed E-state index contributed by atoms with van der Waals surface area (Å²) in [5.41, 5.74) is 0.900. The van der Waals surface area contributed by atoms with Crippen LogP contribution in [0.15, 0.2) is 18.2 Å². The summed E-state index contributed by atoms with van der Waals surface area (Å²) in [5.74, 6) is -0.260. The maximum atomic E-state index is 10.8. The summed E-state index contributed by atoms with van der Waals surface area (Å²) >= 11 is 5.87. The van der Waals surface area contributed by atoms with Crippen LogP contribution >= 0.6 is 11.6 Å². The molecule has 1 N–H and O–H groups in total. The summed E-state index contributed by atoms with van der Waals surface area (Å²) in [4.78, 5) is 10.8. The molecule has 2 atom stereocenters. The third kappa shape index (κ3) is 1.92. The minimum absolute atomic E-state index is 0.0520. The zero-order valence-electron chi connectivity index (χ0n) is 8.24. The second kappa shape index (κ2) is 3.74. The van der Waals surface area contributed by atoms with Gasteiger partial charge in [0.15, 0.2) is 0 Å². The summed E-state index contributed by atoms with van der Waals surface area (Å²) < 4.78 is 5.18. The molecule has 0 saturated heterocycles. The molecule has 1 aliphatic rings. The van der Waals surface area contributed by atoms with Gasteiger partial charge in [-0.15, -0.1) is 0 Å². The van der Waals surface area contributed by atoms with Crippen LogP contribution in [0.3, 0.4) is 0 Å². The van der Waals surface area contributed by atoms with E-state index in [0.717, 1.165) is 5.56 Å². The van der Waals surface area contributed by atoms with Crippen molar-refractivity contribution in [2.24, 2.45) is 5.92 Å². The van der Waals surface area contributed by atoms with E-state index in [-0.39, 0.29) is 11.8 Å². The summed E-state index contributed by atoms with van der Waals surface area (Å²) in [5, 5.41) is 9.46. The zero-order chi connectivity index (χ0) is 11.0. The Hall–Kier alpha value is -1.22. The molecule has 0 amide bonds. The number of carboxylic acid groups (broad SMARTS) is 1. The highest BCUT2D eigenvalue weighted by molar-refractivity contribution is 6.30. The summed E-state index contributed by atoms with van der Waals surface area (Å²) in [6, 6.07) is 5.30. The molecule has 1 saturated carbocycles. The zero-order valence-corrected chi connectivity index (χ0v) is 8.99. The summed E-state index contributed by atoms with van der Waals surface area (Å²) in [7, 11) is 1.57. The number of rotatable bonds is 3. The highest BCUT2D eigenvalue weighted by atomic mass is 35.5. The van der Waals surface area contributed by atoms with Crippen molar-refractivity contribution in [2.45, 2.75) is 12.3 Å². The molecule has 4 heteroatoms. The highest BCUT2D eigenvalue weighted by Gasteiger charge is 2.45. The van der Waals surface area contributed by atoms with Gasteiger partial charge in [0, 0.05) is 10.9 Å². The van der Waals surface area contributed by atoms with Gasteiger partial charge >= 0.3 is 5.97 Å². The van der Waals surface area contributed by atoms with Crippen LogP contribution in [0, 0.1) is 5.92 Å². The van der Waals surface area contributed by atoms with Crippen molar-refractivity contribution in [3.05, 3.63) is 28.8 Å². The van der Waals surface area contributed by atoms with Crippen molar-refractivity contribution in [3.8, 4) is 5.75 Å². The lowest BCUT2D eigenvalue weighted by Crippen LogP contribution is -2.00. The number of aliphatic carboxylic acids is 1. The lowest BCUT2D eigenvalue weighted by molar-refractivity contribution is -0.138. The Morgan fingerprint density at radius 1 is 1.60 bits per heavy atom. The smallest absolute Gasteiger partial charge is 0.307 e. The first-order valence-electron chi connectivity index (χ1n) is 4.69. The molecule has 1 aliphatic carbocycles. The largest absolute Gasteiger partial charge is 0.496 e. The number of ether oxygens (including phenoxy) is 1. The number of hydrogen-bond acceptors (Lipinski definition) is 2. The second-order valence-corrected chi connectivity index (χ2v) is 4.11. The minimum atomic E-state index is -0.748. The van der Waals surface area contributed by atoms with Crippen molar-refractivity contribution in [1.82, 2.24) is 0 Å². The standard InChI is InChI=1S/C11H11ClO3/c1-15-10-3-2-6(12)4-8(10)7-5-9(7)11(13)14/h2-4,7,9H,5H2,1H3,(H,13,14)/t7?,9-/m0/s1. The normalized spacial score (nSPS) is 23.6. The van der Waals surface area contributed by atoms with E-state index in [0.29, 0.717) is 17.2 Å². The van der Waals surface area contributed by atoms with E-state index in [1.54, 1.807) is 25.3 Å². The van der Waals surface area contributed by atoms with Crippen LogP contribution in [-0.2, 0) is 4.79 Å². The summed E-state index contributed by atoms with van der Waals surface area (Å²) in [6.45, 7) is 0. The molecule has 0 aliphatic heterocycles. The molecule has 1 aromatic rings. The van der Waals surface area contributed by atoms with E-state index in [2.05, 4.69) is 0 Å². The molecule has 1 aromatic carbocycles. The molecular weight excluding hydrogens is 216 g/mol. The molecule has 0 bridgehead atoms. The molecule has 0 aromatic heterocycles. The average Bonchev–Trinajstić information content (AvgIpc) is 2.97. The molecule has 15 heavy (non-hydrogen) atoms. The Morgan fingerprint density at radius 3 is 2.87 bits per heavy atom. The van der Waals surface area contributed by atoms with E-state index in [4.69, 9.17) is 21.4 Å². The van der Waals surface area contributed by atoms with Gasteiger partial charge < -0.3 is 9.84 Å². The van der Waals surface area contributed by atoms with Crippen molar-refractivity contribution in [3.63, 3.8) is 0 Å². The first-order chi connectivity index (χ1) is 7.13. The second-order valence-electron chi connectivity index (χ2n) is 3.67. The fourth-order valence-corrected chi connectivity index (χ4v) is 1.99. The van der Waals surface area contributed by atoms with Crippen LogP contribution < -0.4 is 4.74 Å². The maximum absolute atomic E-state index is 10.8. The Balaban J connectivity index is 2.28. The predicted octanol–water partition coefficient (Wildman–Crippen LogP) is 2.54. The van der Waals surface area contributed by atoms with Crippen LogP contribution in [0.2, 0.25) is 5.02 Å². The Morgan fingerprint density at radius 2 is 2.33 bits per heavy atom. The molecule has 3 nitrogen and oxygen atoms in total. The van der Waals surface area contributed by atoms with Crippen LogP contribution in [0.1, 0.15) is 17.9 Å². The molecule has 80 valence electrons. The van der Waals surface area contributed by atoms with Crippen molar-refractivity contribution >= 4 is 17.6 Å². The third-order valence-corrected chi connectivity index (χ3v) is 2.93. The first-order valence-corrected chi connectivity index (χ1v) is 5.07. The van der Waals surface area contributed by atoms with Gasteiger partial charge in [0.25, 0.3) is 0 Å². The van der Waals surface area contributed by atoms with Gasteiger partial charge in [0.1, 0.15) is 5.75 Å². The Labute approximate surface area is 92.6 Å². The SMILES string of the molecule is COc1ccc(Cl)cc1C1C[C@@H]1C(=O)O. The van der Waals surface area contributed by atoms with E-state index in [1.165, 1.54) is 0 Å². The predicted molar refractivity (Wildman–Crippen MR) is 56.5 cm³/mol. The van der Waals surface area contributed by atoms with Crippen molar-refractivity contribution in [2.75, 3.05) is 7.11 Å². The fraction of sp³-hybridized carbons (Fsp3) is 0.364. The Bertz CT molecular complexity index is 403. The van der Waals surface area contributed by atoms with Gasteiger partial charge in [-0.05, 0) is 30.2 Å². The van der Waals surface area contributed by atoms with Crippen LogP contribution in [0.5, 0.6) is 5.75 Å². The molecule has 2 rings (SSSR count). The summed E-state index contributed by atoms with van der Waals surface area (Å²) in [6.07, 6.45) is 0.673. The van der Waals surface area contributed by atoms with Crippen molar-refractivity contribution in [1.29, 1.82) is 0 Å². The number of halogens is 1.